The molecule has 1 atom stereocenters. The van der Waals surface area contributed by atoms with Crippen molar-refractivity contribution in [2.75, 3.05) is 6.54 Å². The number of primary amides is 1. The quantitative estimate of drug-likeness (QED) is 0.649. The van der Waals surface area contributed by atoms with E-state index in [0.717, 1.165) is 4.90 Å². The Morgan fingerprint density at radius 2 is 1.79 bits per heavy atom. The van der Waals surface area contributed by atoms with Gasteiger partial charge in [-0.25, -0.2) is 9.59 Å². The zero-order chi connectivity index (χ0) is 15.4. The molecule has 0 rings (SSSR count). The molecule has 0 radical (unpaired) electrons. The second-order valence-corrected chi connectivity index (χ2v) is 5.18. The number of carboxylic acids is 1. The van der Waals surface area contributed by atoms with E-state index < -0.39 is 29.5 Å². The fourth-order valence-corrected chi connectivity index (χ4v) is 1.69. The average molecular weight is 273 g/mol. The van der Waals surface area contributed by atoms with Gasteiger partial charge in [-0.1, -0.05) is 13.8 Å². The summed E-state index contributed by atoms with van der Waals surface area (Å²) < 4.78 is 0. The zero-order valence-corrected chi connectivity index (χ0v) is 12.1. The van der Waals surface area contributed by atoms with Crippen LogP contribution in [0.5, 0.6) is 0 Å². The number of rotatable bonds is 6. The topological polar surface area (TPSA) is 113 Å². The Morgan fingerprint density at radius 1 is 1.32 bits per heavy atom. The van der Waals surface area contributed by atoms with Crippen LogP contribution >= 0.6 is 0 Å². The van der Waals surface area contributed by atoms with Crippen LogP contribution in [0.4, 0.5) is 4.79 Å². The van der Waals surface area contributed by atoms with Crippen LogP contribution in [0.3, 0.4) is 0 Å². The number of hydrogen-bond acceptors (Lipinski definition) is 3. The highest BCUT2D eigenvalue weighted by Gasteiger charge is 2.38. The lowest BCUT2D eigenvalue weighted by Crippen LogP contribution is -2.59. The minimum atomic E-state index is -1.36. The molecular weight excluding hydrogens is 250 g/mol. The molecule has 0 spiro atoms. The van der Waals surface area contributed by atoms with Crippen LogP contribution < -0.4 is 11.1 Å². The number of nitrogens with one attached hydrogen (secondary N) is 1. The molecule has 110 valence electrons. The Labute approximate surface area is 113 Å². The maximum atomic E-state index is 12.1. The molecule has 0 bridgehead atoms. The molecule has 1 unspecified atom stereocenters. The van der Waals surface area contributed by atoms with E-state index in [1.54, 1.807) is 20.8 Å². The number of carbonyl (C=O) groups is 3. The molecule has 0 saturated carbocycles. The van der Waals surface area contributed by atoms with Gasteiger partial charge in [0.25, 0.3) is 0 Å². The Kier molecular flexibility index (Phi) is 5.80. The number of hydrogen-bond donors (Lipinski definition) is 3. The molecule has 7 heteroatoms. The molecule has 0 aromatic heterocycles. The molecule has 0 fully saturated rings. The third kappa shape index (κ3) is 4.11. The van der Waals surface area contributed by atoms with E-state index in [1.807, 2.05) is 0 Å². The highest BCUT2D eigenvalue weighted by molar-refractivity contribution is 5.89. The van der Waals surface area contributed by atoms with Gasteiger partial charge >= 0.3 is 12.0 Å². The maximum Gasteiger partial charge on any atom is 0.329 e. The molecule has 0 aliphatic heterocycles. The summed E-state index contributed by atoms with van der Waals surface area (Å²) in [6.07, 6.45) is 0. The van der Waals surface area contributed by atoms with E-state index in [-0.39, 0.29) is 12.5 Å². The lowest BCUT2D eigenvalue weighted by atomic mass is 10.0. The molecule has 0 aliphatic carbocycles. The summed E-state index contributed by atoms with van der Waals surface area (Å²) in [7, 11) is 0. The Bertz CT molecular complexity index is 366. The van der Waals surface area contributed by atoms with Crippen LogP contribution in [0, 0.1) is 5.92 Å². The van der Waals surface area contributed by atoms with Gasteiger partial charge in [-0.15, -0.1) is 0 Å². The maximum absolute atomic E-state index is 12.1. The van der Waals surface area contributed by atoms with E-state index in [9.17, 15) is 14.4 Å². The summed E-state index contributed by atoms with van der Waals surface area (Å²) in [6, 6.07) is -1.45. The number of carboxylic acid groups (broad SMARTS) is 1. The van der Waals surface area contributed by atoms with E-state index in [0.29, 0.717) is 0 Å². The molecule has 0 saturated heterocycles. The van der Waals surface area contributed by atoms with Crippen molar-refractivity contribution < 1.29 is 19.5 Å². The van der Waals surface area contributed by atoms with Gasteiger partial charge in [-0.05, 0) is 26.7 Å². The number of amides is 3. The molecule has 3 amide bonds. The Morgan fingerprint density at radius 3 is 2.05 bits per heavy atom. The van der Waals surface area contributed by atoms with Crippen LogP contribution in [0.1, 0.15) is 34.6 Å². The largest absolute Gasteiger partial charge is 0.480 e. The Hall–Kier alpha value is -1.79. The van der Waals surface area contributed by atoms with Gasteiger partial charge < -0.3 is 21.1 Å². The van der Waals surface area contributed by atoms with Gasteiger partial charge in [0, 0.05) is 6.54 Å². The average Bonchev–Trinajstić information content (AvgIpc) is 2.25. The summed E-state index contributed by atoms with van der Waals surface area (Å²) in [5.74, 6) is -1.94. The van der Waals surface area contributed by atoms with Gasteiger partial charge in [-0.3, -0.25) is 4.79 Å². The second-order valence-electron chi connectivity index (χ2n) is 5.18. The van der Waals surface area contributed by atoms with Crippen molar-refractivity contribution in [1.29, 1.82) is 0 Å². The van der Waals surface area contributed by atoms with Crippen LogP contribution in [-0.4, -0.2) is 46.0 Å². The van der Waals surface area contributed by atoms with E-state index >= 15 is 0 Å². The first-order chi connectivity index (χ1) is 8.55. The van der Waals surface area contributed by atoms with Gasteiger partial charge in [0.05, 0.1) is 0 Å². The summed E-state index contributed by atoms with van der Waals surface area (Å²) in [6.45, 7) is 8.20. The molecule has 0 heterocycles. The van der Waals surface area contributed by atoms with Gasteiger partial charge in [0.1, 0.15) is 11.6 Å². The molecular formula is C12H23N3O4. The minimum absolute atomic E-state index is 0.173. The van der Waals surface area contributed by atoms with Crippen molar-refractivity contribution >= 4 is 17.9 Å². The number of urea groups is 1. The van der Waals surface area contributed by atoms with Gasteiger partial charge in [0.2, 0.25) is 5.91 Å². The standard InChI is InChI=1S/C12H23N3O4/c1-6-15(12(4,5)10(17)18)11(19)14-8(7(2)3)9(13)16/h7-8H,6H2,1-5H3,(H2,13,16)(H,14,19)(H,17,18). The number of carbonyl (C=O) groups excluding carboxylic acids is 2. The molecule has 19 heavy (non-hydrogen) atoms. The van der Waals surface area contributed by atoms with Crippen molar-refractivity contribution in [1.82, 2.24) is 10.2 Å². The van der Waals surface area contributed by atoms with Crippen molar-refractivity contribution in [2.24, 2.45) is 11.7 Å². The SMILES string of the molecule is CCN(C(=O)NC(C(N)=O)C(C)C)C(C)(C)C(=O)O. The summed E-state index contributed by atoms with van der Waals surface area (Å²) >= 11 is 0. The second kappa shape index (κ2) is 6.40. The lowest BCUT2D eigenvalue weighted by Gasteiger charge is -2.35. The van der Waals surface area contributed by atoms with E-state index in [2.05, 4.69) is 5.32 Å². The summed E-state index contributed by atoms with van der Waals surface area (Å²) in [4.78, 5) is 35.6. The highest BCUT2D eigenvalue weighted by atomic mass is 16.4. The predicted octanol–water partition coefficient (Wildman–Crippen LogP) is 0.391. The first-order valence-electron chi connectivity index (χ1n) is 6.16. The molecule has 0 aromatic carbocycles. The van der Waals surface area contributed by atoms with Crippen molar-refractivity contribution in [3.8, 4) is 0 Å². The minimum Gasteiger partial charge on any atom is -0.480 e. The summed E-state index contributed by atoms with van der Waals surface area (Å²) in [5, 5.41) is 11.6. The molecule has 4 N–H and O–H groups in total. The van der Waals surface area contributed by atoms with E-state index in [1.165, 1.54) is 13.8 Å². The molecule has 0 aliphatic rings. The van der Waals surface area contributed by atoms with Crippen LogP contribution in [-0.2, 0) is 9.59 Å². The van der Waals surface area contributed by atoms with Crippen molar-refractivity contribution in [3.63, 3.8) is 0 Å². The number of likely N-dealkylation sites (N-methyl/N-ethyl adjacent to an activating group) is 1. The monoisotopic (exact) mass is 273 g/mol. The fourth-order valence-electron chi connectivity index (χ4n) is 1.69. The van der Waals surface area contributed by atoms with Crippen LogP contribution in [0.2, 0.25) is 0 Å². The summed E-state index contributed by atoms with van der Waals surface area (Å²) in [5.41, 5.74) is 3.84. The number of nitrogens with zero attached hydrogens (tertiary/aromatic N) is 1. The zero-order valence-electron chi connectivity index (χ0n) is 12.1. The molecule has 0 aromatic rings. The first kappa shape index (κ1) is 17.2. The van der Waals surface area contributed by atoms with Crippen molar-refractivity contribution in [2.45, 2.75) is 46.2 Å². The predicted molar refractivity (Wildman–Crippen MR) is 70.4 cm³/mol. The Balaban J connectivity index is 5.07. The fraction of sp³-hybridized carbons (Fsp3) is 0.750. The smallest absolute Gasteiger partial charge is 0.329 e. The first-order valence-corrected chi connectivity index (χ1v) is 6.16. The van der Waals surface area contributed by atoms with Crippen LogP contribution in [0.25, 0.3) is 0 Å². The lowest BCUT2D eigenvalue weighted by molar-refractivity contribution is -0.147. The van der Waals surface area contributed by atoms with Crippen LogP contribution in [0.15, 0.2) is 0 Å². The third-order valence-corrected chi connectivity index (χ3v) is 3.01. The van der Waals surface area contributed by atoms with Gasteiger partial charge in [0.15, 0.2) is 0 Å². The van der Waals surface area contributed by atoms with Gasteiger partial charge in [-0.2, -0.15) is 0 Å². The number of nitrogens with two attached hydrogens (primary N) is 1. The highest BCUT2D eigenvalue weighted by Crippen LogP contribution is 2.15. The number of aliphatic carboxylic acids is 1. The molecule has 7 nitrogen and oxygen atoms in total. The van der Waals surface area contributed by atoms with Crippen molar-refractivity contribution in [3.05, 3.63) is 0 Å². The van der Waals surface area contributed by atoms with E-state index in [4.69, 9.17) is 10.8 Å². The normalized spacial score (nSPS) is 12.9. The third-order valence-electron chi connectivity index (χ3n) is 3.01.